The average Bonchev–Trinajstić information content (AvgIpc) is 2.60. The molecule has 1 heterocycles. The van der Waals surface area contributed by atoms with E-state index in [0.29, 0.717) is 11.3 Å². The molecule has 0 aliphatic rings. The van der Waals surface area contributed by atoms with Crippen LogP contribution in [0.4, 0.5) is 10.3 Å². The highest BCUT2D eigenvalue weighted by atomic mass is 35.5. The molecule has 1 aromatic heterocycles. The smallest absolute Gasteiger partial charge is 0.230 e. The summed E-state index contributed by atoms with van der Waals surface area (Å²) in [6, 6.07) is 4.49. The molecule has 0 saturated heterocycles. The van der Waals surface area contributed by atoms with Crippen molar-refractivity contribution in [2.24, 2.45) is 0 Å². The van der Waals surface area contributed by atoms with Crippen molar-refractivity contribution in [3.8, 4) is 11.1 Å². The quantitative estimate of drug-likeness (QED) is 0.850. The second kappa shape index (κ2) is 4.28. The van der Waals surface area contributed by atoms with Crippen LogP contribution in [0.25, 0.3) is 11.1 Å². The van der Waals surface area contributed by atoms with Gasteiger partial charge in [-0.15, -0.1) is 0 Å². The molecule has 0 aliphatic carbocycles. The fraction of sp³-hybridized carbons (Fsp3) is 0.308. The van der Waals surface area contributed by atoms with Crippen LogP contribution >= 0.6 is 11.6 Å². The Kier molecular flexibility index (Phi) is 3.07. The Hall–Kier alpha value is -1.55. The van der Waals surface area contributed by atoms with E-state index < -0.39 is 5.82 Å². The van der Waals surface area contributed by atoms with Gasteiger partial charge in [0, 0.05) is 11.0 Å². The molecule has 3 nitrogen and oxygen atoms in total. The van der Waals surface area contributed by atoms with Crippen LogP contribution in [-0.4, -0.2) is 5.16 Å². The van der Waals surface area contributed by atoms with Crippen LogP contribution < -0.4 is 5.73 Å². The normalized spacial score (nSPS) is 11.8. The second-order valence-electron chi connectivity index (χ2n) is 5.12. The summed E-state index contributed by atoms with van der Waals surface area (Å²) in [6.07, 6.45) is 0. The predicted molar refractivity (Wildman–Crippen MR) is 70.0 cm³/mol. The standard InChI is InChI=1S/C13H14ClFN2O/c1-13(2,3)11-10(12(16)18-17-11)9-7(14)5-4-6-8(9)15/h4-6H,16H2,1-3H3. The Morgan fingerprint density at radius 2 is 1.94 bits per heavy atom. The first-order valence-corrected chi connectivity index (χ1v) is 5.90. The molecule has 0 amide bonds. The summed E-state index contributed by atoms with van der Waals surface area (Å²) in [5, 5.41) is 4.21. The maximum absolute atomic E-state index is 14.0. The van der Waals surface area contributed by atoms with Gasteiger partial charge in [-0.2, -0.15) is 0 Å². The minimum atomic E-state index is -0.442. The van der Waals surface area contributed by atoms with Crippen molar-refractivity contribution in [2.75, 3.05) is 5.73 Å². The zero-order valence-corrected chi connectivity index (χ0v) is 11.2. The summed E-state index contributed by atoms with van der Waals surface area (Å²) in [7, 11) is 0. The van der Waals surface area contributed by atoms with E-state index in [1.807, 2.05) is 20.8 Å². The number of aromatic nitrogens is 1. The zero-order chi connectivity index (χ0) is 13.5. The summed E-state index contributed by atoms with van der Waals surface area (Å²) in [4.78, 5) is 0. The average molecular weight is 269 g/mol. The summed E-state index contributed by atoms with van der Waals surface area (Å²) in [5.41, 5.74) is 6.70. The fourth-order valence-electron chi connectivity index (χ4n) is 1.79. The maximum atomic E-state index is 14.0. The molecule has 0 aliphatic heterocycles. The molecule has 1 aromatic carbocycles. The number of nitrogen functional groups attached to an aromatic ring is 1. The van der Waals surface area contributed by atoms with E-state index >= 15 is 0 Å². The summed E-state index contributed by atoms with van der Waals surface area (Å²) in [6.45, 7) is 5.84. The first kappa shape index (κ1) is 12.9. The molecule has 0 unspecified atom stereocenters. The molecule has 0 saturated carbocycles. The van der Waals surface area contributed by atoms with Crippen LogP contribution in [0.2, 0.25) is 5.02 Å². The summed E-state index contributed by atoms with van der Waals surface area (Å²) >= 11 is 6.05. The van der Waals surface area contributed by atoms with Crippen LogP contribution in [0.15, 0.2) is 22.7 Å². The lowest BCUT2D eigenvalue weighted by molar-refractivity contribution is 0.405. The Bertz CT molecular complexity index is 567. The summed E-state index contributed by atoms with van der Waals surface area (Å²) < 4.78 is 18.9. The Labute approximate surface area is 110 Å². The highest BCUT2D eigenvalue weighted by Crippen LogP contribution is 2.40. The van der Waals surface area contributed by atoms with Gasteiger partial charge in [0.1, 0.15) is 5.82 Å². The highest BCUT2D eigenvalue weighted by Gasteiger charge is 2.28. The number of hydrogen-bond donors (Lipinski definition) is 1. The molecule has 2 rings (SSSR count). The molecule has 5 heteroatoms. The van der Waals surface area contributed by atoms with E-state index in [9.17, 15) is 4.39 Å². The van der Waals surface area contributed by atoms with Crippen LogP contribution in [0.5, 0.6) is 0 Å². The van der Waals surface area contributed by atoms with Gasteiger partial charge in [-0.3, -0.25) is 0 Å². The van der Waals surface area contributed by atoms with E-state index in [1.165, 1.54) is 6.07 Å². The first-order chi connectivity index (χ1) is 8.32. The van der Waals surface area contributed by atoms with Gasteiger partial charge >= 0.3 is 0 Å². The first-order valence-electron chi connectivity index (χ1n) is 5.52. The Morgan fingerprint density at radius 3 is 2.50 bits per heavy atom. The van der Waals surface area contributed by atoms with Crippen molar-refractivity contribution in [3.63, 3.8) is 0 Å². The van der Waals surface area contributed by atoms with Crippen LogP contribution in [0, 0.1) is 5.82 Å². The molecule has 18 heavy (non-hydrogen) atoms. The number of nitrogens with zero attached hydrogens (tertiary/aromatic N) is 1. The van der Waals surface area contributed by atoms with Crippen LogP contribution in [-0.2, 0) is 5.41 Å². The lowest BCUT2D eigenvalue weighted by Gasteiger charge is -2.17. The van der Waals surface area contributed by atoms with Gasteiger partial charge < -0.3 is 10.3 Å². The number of benzene rings is 1. The van der Waals surface area contributed by atoms with Crippen molar-refractivity contribution < 1.29 is 8.91 Å². The Morgan fingerprint density at radius 1 is 1.28 bits per heavy atom. The zero-order valence-electron chi connectivity index (χ0n) is 10.4. The third kappa shape index (κ3) is 2.08. The monoisotopic (exact) mass is 268 g/mol. The van der Waals surface area contributed by atoms with E-state index in [4.69, 9.17) is 21.9 Å². The fourth-order valence-corrected chi connectivity index (χ4v) is 2.05. The summed E-state index contributed by atoms with van der Waals surface area (Å²) in [5.74, 6) is -0.366. The van der Waals surface area contributed by atoms with E-state index in [0.717, 1.165) is 0 Å². The van der Waals surface area contributed by atoms with Crippen molar-refractivity contribution >= 4 is 17.5 Å². The molecule has 0 bridgehead atoms. The van der Waals surface area contributed by atoms with Crippen molar-refractivity contribution in [2.45, 2.75) is 26.2 Å². The van der Waals surface area contributed by atoms with Crippen molar-refractivity contribution in [1.29, 1.82) is 0 Å². The number of hydrogen-bond acceptors (Lipinski definition) is 3. The SMILES string of the molecule is CC(C)(C)c1noc(N)c1-c1c(F)cccc1Cl. The van der Waals surface area contributed by atoms with Gasteiger partial charge in [0.25, 0.3) is 0 Å². The van der Waals surface area contributed by atoms with Gasteiger partial charge in [0.05, 0.1) is 16.3 Å². The van der Waals surface area contributed by atoms with Crippen LogP contribution in [0.3, 0.4) is 0 Å². The molecule has 0 spiro atoms. The number of anilines is 1. The van der Waals surface area contributed by atoms with Crippen molar-refractivity contribution in [1.82, 2.24) is 5.16 Å². The Balaban J connectivity index is 2.76. The van der Waals surface area contributed by atoms with Gasteiger partial charge in [-0.25, -0.2) is 4.39 Å². The maximum Gasteiger partial charge on any atom is 0.230 e. The molecular formula is C13H14ClFN2O. The van der Waals surface area contributed by atoms with Crippen molar-refractivity contribution in [3.05, 3.63) is 34.7 Å². The molecular weight excluding hydrogens is 255 g/mol. The topological polar surface area (TPSA) is 52.0 Å². The minimum Gasteiger partial charge on any atom is -0.367 e. The van der Waals surface area contributed by atoms with Gasteiger partial charge in [-0.1, -0.05) is 43.6 Å². The second-order valence-corrected chi connectivity index (χ2v) is 5.52. The molecule has 0 atom stereocenters. The molecule has 0 fully saturated rings. The van der Waals surface area contributed by atoms with E-state index in [-0.39, 0.29) is 21.9 Å². The van der Waals surface area contributed by atoms with E-state index in [2.05, 4.69) is 5.16 Å². The van der Waals surface area contributed by atoms with Gasteiger partial charge in [0.2, 0.25) is 5.88 Å². The van der Waals surface area contributed by atoms with Gasteiger partial charge in [-0.05, 0) is 12.1 Å². The predicted octanol–water partition coefficient (Wildman–Crippen LogP) is 4.01. The molecule has 96 valence electrons. The van der Waals surface area contributed by atoms with Gasteiger partial charge in [0.15, 0.2) is 0 Å². The molecule has 2 aromatic rings. The number of nitrogens with two attached hydrogens (primary N) is 1. The minimum absolute atomic E-state index is 0.0759. The third-order valence-corrected chi connectivity index (χ3v) is 2.96. The number of halogens is 2. The highest BCUT2D eigenvalue weighted by molar-refractivity contribution is 6.33. The molecule has 2 N–H and O–H groups in total. The van der Waals surface area contributed by atoms with E-state index in [1.54, 1.807) is 12.1 Å². The molecule has 0 radical (unpaired) electrons. The van der Waals surface area contributed by atoms with Crippen LogP contribution in [0.1, 0.15) is 26.5 Å². The lowest BCUT2D eigenvalue weighted by atomic mass is 9.87. The lowest BCUT2D eigenvalue weighted by Crippen LogP contribution is -2.13. The largest absolute Gasteiger partial charge is 0.367 e. The number of rotatable bonds is 1. The third-order valence-electron chi connectivity index (χ3n) is 2.64.